The fourth-order valence-electron chi connectivity index (χ4n) is 2.46. The zero-order valence-electron chi connectivity index (χ0n) is 13.8. The molecule has 0 bridgehead atoms. The van der Waals surface area contributed by atoms with Crippen LogP contribution in [0, 0.1) is 0 Å². The molecule has 1 aliphatic heterocycles. The molecule has 1 aromatic carbocycles. The zero-order chi connectivity index (χ0) is 17.7. The Kier molecular flexibility index (Phi) is 6.36. The van der Waals surface area contributed by atoms with E-state index in [1.54, 1.807) is 25.1 Å². The summed E-state index contributed by atoms with van der Waals surface area (Å²) in [5, 5.41) is 2.70. The van der Waals surface area contributed by atoms with Gasteiger partial charge >= 0.3 is 5.97 Å². The number of piperazine rings is 1. The molecule has 2 unspecified atom stereocenters. The Morgan fingerprint density at radius 2 is 2.12 bits per heavy atom. The third-order valence-electron chi connectivity index (χ3n) is 3.96. The third-order valence-corrected chi connectivity index (χ3v) is 4.65. The maximum atomic E-state index is 12.8. The van der Waals surface area contributed by atoms with Gasteiger partial charge in [-0.3, -0.25) is 14.4 Å². The van der Waals surface area contributed by atoms with Crippen LogP contribution < -0.4 is 5.32 Å². The summed E-state index contributed by atoms with van der Waals surface area (Å²) in [5.41, 5.74) is 0.465. The lowest BCUT2D eigenvalue weighted by Gasteiger charge is -2.35. The monoisotopic (exact) mass is 396 g/mol. The van der Waals surface area contributed by atoms with Crippen LogP contribution in [0.25, 0.3) is 0 Å². The molecular weight excluding hydrogens is 376 g/mol. The number of hydrogen-bond acceptors (Lipinski definition) is 4. The molecule has 1 heterocycles. The van der Waals surface area contributed by atoms with Gasteiger partial charge in [-0.2, -0.15) is 0 Å². The van der Waals surface area contributed by atoms with Crippen molar-refractivity contribution in [3.05, 3.63) is 34.3 Å². The van der Waals surface area contributed by atoms with E-state index in [1.807, 2.05) is 13.0 Å². The van der Waals surface area contributed by atoms with Crippen LogP contribution in [0.5, 0.6) is 0 Å². The second-order valence-electron chi connectivity index (χ2n) is 5.70. The minimum atomic E-state index is -0.852. The largest absolute Gasteiger partial charge is 0.463 e. The molecule has 1 aromatic rings. The lowest BCUT2D eigenvalue weighted by atomic mass is 10.1. The summed E-state index contributed by atoms with van der Waals surface area (Å²) in [6.07, 6.45) is 0.339. The van der Waals surface area contributed by atoms with Gasteiger partial charge in [0.25, 0.3) is 5.91 Å². The molecule has 1 saturated heterocycles. The first kappa shape index (κ1) is 18.4. The average molecular weight is 397 g/mol. The molecule has 1 aliphatic rings. The molecule has 1 N–H and O–H groups in total. The van der Waals surface area contributed by atoms with Crippen molar-refractivity contribution >= 4 is 33.7 Å². The van der Waals surface area contributed by atoms with Gasteiger partial charge in [0.15, 0.2) is 0 Å². The van der Waals surface area contributed by atoms with E-state index < -0.39 is 12.0 Å². The fourth-order valence-corrected chi connectivity index (χ4v) is 2.92. The SMILES string of the molecule is CCC(C)OC(=O)CC1C(=O)NCCN1C(=O)c1ccccc1Br. The van der Waals surface area contributed by atoms with Crippen molar-refractivity contribution in [3.8, 4) is 0 Å². The number of carbonyl (C=O) groups excluding carboxylic acids is 3. The Balaban J connectivity index is 2.17. The maximum Gasteiger partial charge on any atom is 0.308 e. The molecule has 0 radical (unpaired) electrons. The zero-order valence-corrected chi connectivity index (χ0v) is 15.3. The molecule has 7 heteroatoms. The number of benzene rings is 1. The summed E-state index contributed by atoms with van der Waals surface area (Å²) in [5.74, 6) is -1.09. The second-order valence-corrected chi connectivity index (χ2v) is 6.55. The van der Waals surface area contributed by atoms with Crippen molar-refractivity contribution < 1.29 is 19.1 Å². The Hall–Kier alpha value is -1.89. The van der Waals surface area contributed by atoms with Gasteiger partial charge in [0.1, 0.15) is 6.04 Å². The Morgan fingerprint density at radius 3 is 2.79 bits per heavy atom. The van der Waals surface area contributed by atoms with Crippen LogP contribution >= 0.6 is 15.9 Å². The molecule has 130 valence electrons. The highest BCUT2D eigenvalue weighted by atomic mass is 79.9. The first-order valence-electron chi connectivity index (χ1n) is 7.96. The Morgan fingerprint density at radius 1 is 1.42 bits per heavy atom. The highest BCUT2D eigenvalue weighted by Crippen LogP contribution is 2.21. The predicted octanol–water partition coefficient (Wildman–Crippen LogP) is 2.12. The molecule has 0 spiro atoms. The van der Waals surface area contributed by atoms with E-state index in [0.29, 0.717) is 29.5 Å². The molecule has 6 nitrogen and oxygen atoms in total. The van der Waals surface area contributed by atoms with E-state index in [0.717, 1.165) is 0 Å². The molecule has 0 aromatic heterocycles. The number of amides is 2. The van der Waals surface area contributed by atoms with E-state index in [1.165, 1.54) is 4.90 Å². The van der Waals surface area contributed by atoms with Crippen molar-refractivity contribution in [1.29, 1.82) is 0 Å². The molecule has 2 amide bonds. The summed E-state index contributed by atoms with van der Waals surface area (Å²) in [6.45, 7) is 4.43. The van der Waals surface area contributed by atoms with Gasteiger partial charge in [0.05, 0.1) is 18.1 Å². The van der Waals surface area contributed by atoms with Crippen molar-refractivity contribution in [2.24, 2.45) is 0 Å². The van der Waals surface area contributed by atoms with Gasteiger partial charge in [-0.25, -0.2) is 0 Å². The normalized spacial score (nSPS) is 18.7. The van der Waals surface area contributed by atoms with Gasteiger partial charge in [-0.15, -0.1) is 0 Å². The van der Waals surface area contributed by atoms with Crippen LogP contribution in [0.4, 0.5) is 0 Å². The van der Waals surface area contributed by atoms with Gasteiger partial charge in [-0.05, 0) is 41.4 Å². The third kappa shape index (κ3) is 4.35. The summed E-state index contributed by atoms with van der Waals surface area (Å²) in [6, 6.07) is 6.17. The summed E-state index contributed by atoms with van der Waals surface area (Å²) in [4.78, 5) is 38.5. The van der Waals surface area contributed by atoms with Crippen LogP contribution in [0.15, 0.2) is 28.7 Å². The van der Waals surface area contributed by atoms with Crippen LogP contribution in [0.3, 0.4) is 0 Å². The van der Waals surface area contributed by atoms with Gasteiger partial charge < -0.3 is 15.0 Å². The van der Waals surface area contributed by atoms with Crippen LogP contribution in [-0.4, -0.2) is 47.9 Å². The van der Waals surface area contributed by atoms with E-state index in [4.69, 9.17) is 4.74 Å². The summed E-state index contributed by atoms with van der Waals surface area (Å²) in [7, 11) is 0. The molecule has 24 heavy (non-hydrogen) atoms. The van der Waals surface area contributed by atoms with E-state index in [-0.39, 0.29) is 24.3 Å². The van der Waals surface area contributed by atoms with Gasteiger partial charge in [-0.1, -0.05) is 19.1 Å². The van der Waals surface area contributed by atoms with E-state index >= 15 is 0 Å². The highest BCUT2D eigenvalue weighted by Gasteiger charge is 2.36. The number of esters is 1. The minimum absolute atomic E-state index is 0.146. The lowest BCUT2D eigenvalue weighted by molar-refractivity contribution is -0.151. The average Bonchev–Trinajstić information content (AvgIpc) is 2.56. The quantitative estimate of drug-likeness (QED) is 0.773. The van der Waals surface area contributed by atoms with Crippen molar-refractivity contribution in [2.75, 3.05) is 13.1 Å². The molecule has 2 rings (SSSR count). The first-order valence-corrected chi connectivity index (χ1v) is 8.76. The molecule has 1 fully saturated rings. The number of nitrogens with zero attached hydrogens (tertiary/aromatic N) is 1. The summed E-state index contributed by atoms with van der Waals surface area (Å²) < 4.78 is 5.90. The maximum absolute atomic E-state index is 12.8. The number of nitrogens with one attached hydrogen (secondary N) is 1. The van der Waals surface area contributed by atoms with E-state index in [9.17, 15) is 14.4 Å². The number of carbonyl (C=O) groups is 3. The Bertz CT molecular complexity index is 635. The Labute approximate surface area is 149 Å². The lowest BCUT2D eigenvalue weighted by Crippen LogP contribution is -2.58. The standard InChI is InChI=1S/C17H21BrN2O4/c1-3-11(2)24-15(21)10-14-16(22)19-8-9-20(14)17(23)12-6-4-5-7-13(12)18/h4-7,11,14H,3,8-10H2,1-2H3,(H,19,22). The van der Waals surface area contributed by atoms with Crippen molar-refractivity contribution in [3.63, 3.8) is 0 Å². The van der Waals surface area contributed by atoms with Crippen molar-refractivity contribution in [1.82, 2.24) is 10.2 Å². The number of halogens is 1. The molecule has 0 aliphatic carbocycles. The first-order chi connectivity index (χ1) is 11.4. The molecular formula is C17H21BrN2O4. The van der Waals surface area contributed by atoms with Crippen LogP contribution in [0.2, 0.25) is 0 Å². The smallest absolute Gasteiger partial charge is 0.308 e. The van der Waals surface area contributed by atoms with Gasteiger partial charge in [0, 0.05) is 17.6 Å². The second kappa shape index (κ2) is 8.28. The fraction of sp³-hybridized carbons (Fsp3) is 0.471. The number of ether oxygens (including phenoxy) is 1. The highest BCUT2D eigenvalue weighted by molar-refractivity contribution is 9.10. The van der Waals surface area contributed by atoms with E-state index in [2.05, 4.69) is 21.2 Å². The minimum Gasteiger partial charge on any atom is -0.463 e. The number of rotatable bonds is 5. The number of hydrogen-bond donors (Lipinski definition) is 1. The summed E-state index contributed by atoms with van der Waals surface area (Å²) >= 11 is 3.35. The van der Waals surface area contributed by atoms with Gasteiger partial charge in [0.2, 0.25) is 5.91 Å². The molecule has 2 atom stereocenters. The predicted molar refractivity (Wildman–Crippen MR) is 92.4 cm³/mol. The van der Waals surface area contributed by atoms with Crippen LogP contribution in [0.1, 0.15) is 37.0 Å². The topological polar surface area (TPSA) is 75.7 Å². The van der Waals surface area contributed by atoms with Crippen LogP contribution in [-0.2, 0) is 14.3 Å². The van der Waals surface area contributed by atoms with Crippen molar-refractivity contribution in [2.45, 2.75) is 38.8 Å². The molecule has 0 saturated carbocycles.